The van der Waals surface area contributed by atoms with Gasteiger partial charge in [-0.3, -0.25) is 19.2 Å². The third kappa shape index (κ3) is 7.07. The van der Waals surface area contributed by atoms with Gasteiger partial charge in [0.2, 0.25) is 23.6 Å². The Hall–Kier alpha value is -3.47. The third-order valence-electron chi connectivity index (χ3n) is 4.92. The number of hydrogen-bond donors (Lipinski definition) is 5. The van der Waals surface area contributed by atoms with Crippen LogP contribution in [0, 0.1) is 0 Å². The van der Waals surface area contributed by atoms with Crippen LogP contribution in [0.15, 0.2) is 30.3 Å². The first-order valence-corrected chi connectivity index (χ1v) is 9.87. The quantitative estimate of drug-likeness (QED) is 0.285. The predicted molar refractivity (Wildman–Crippen MR) is 109 cm³/mol. The van der Waals surface area contributed by atoms with Crippen LogP contribution in [0.25, 0.3) is 0 Å². The average molecular weight is 433 g/mol. The molecule has 3 atom stereocenters. The first-order valence-electron chi connectivity index (χ1n) is 9.87. The molecular weight excluding hydrogens is 406 g/mol. The molecule has 0 bridgehead atoms. The van der Waals surface area contributed by atoms with E-state index in [2.05, 4.69) is 10.6 Å². The molecule has 31 heavy (non-hydrogen) atoms. The summed E-state index contributed by atoms with van der Waals surface area (Å²) in [4.78, 5) is 60.9. The smallest absolute Gasteiger partial charge is 0.326 e. The summed E-state index contributed by atoms with van der Waals surface area (Å²) in [6.45, 7) is -0.266. The highest BCUT2D eigenvalue weighted by Crippen LogP contribution is 2.19. The lowest BCUT2D eigenvalue weighted by atomic mass is 10.1. The number of benzene rings is 1. The maximum absolute atomic E-state index is 12.7. The number of carbonyl (C=O) groups excluding carboxylic acids is 4. The van der Waals surface area contributed by atoms with E-state index in [4.69, 9.17) is 11.5 Å². The molecule has 7 N–H and O–H groups in total. The number of nitrogens with two attached hydrogens (primary N) is 2. The molecule has 0 spiro atoms. The van der Waals surface area contributed by atoms with Crippen LogP contribution in [0.2, 0.25) is 0 Å². The summed E-state index contributed by atoms with van der Waals surface area (Å²) in [6.07, 6.45) is 0.570. The van der Waals surface area contributed by atoms with Crippen LogP contribution in [0.4, 0.5) is 0 Å². The second-order valence-corrected chi connectivity index (χ2v) is 7.33. The van der Waals surface area contributed by atoms with Crippen molar-refractivity contribution in [2.24, 2.45) is 11.5 Å². The number of nitrogens with one attached hydrogen (secondary N) is 2. The molecule has 0 aromatic heterocycles. The van der Waals surface area contributed by atoms with Gasteiger partial charge in [-0.15, -0.1) is 0 Å². The van der Waals surface area contributed by atoms with E-state index in [1.54, 1.807) is 0 Å². The van der Waals surface area contributed by atoms with Crippen LogP contribution in [-0.4, -0.2) is 70.8 Å². The SMILES string of the molecule is NC(=O)CC(NC(=O)CNC(=O)C(N)Cc1ccccc1)C(=O)N1CCCC1C(=O)O. The molecule has 0 radical (unpaired) electrons. The van der Waals surface area contributed by atoms with E-state index in [-0.39, 0.29) is 19.4 Å². The molecule has 1 aromatic carbocycles. The molecule has 0 saturated carbocycles. The number of likely N-dealkylation sites (tertiary alicyclic amines) is 1. The number of carboxylic acids is 1. The van der Waals surface area contributed by atoms with Crippen molar-refractivity contribution < 1.29 is 29.1 Å². The van der Waals surface area contributed by atoms with Crippen molar-refractivity contribution in [2.45, 2.75) is 43.8 Å². The Kier molecular flexibility index (Phi) is 8.50. The Bertz CT molecular complexity index is 831. The summed E-state index contributed by atoms with van der Waals surface area (Å²) >= 11 is 0. The van der Waals surface area contributed by atoms with Crippen LogP contribution in [-0.2, 0) is 30.4 Å². The van der Waals surface area contributed by atoms with E-state index in [1.165, 1.54) is 0 Å². The average Bonchev–Trinajstić information content (AvgIpc) is 3.21. The van der Waals surface area contributed by atoms with Gasteiger partial charge in [0.25, 0.3) is 0 Å². The lowest BCUT2D eigenvalue weighted by molar-refractivity contribution is -0.149. The summed E-state index contributed by atoms with van der Waals surface area (Å²) in [5.41, 5.74) is 11.9. The fourth-order valence-corrected chi connectivity index (χ4v) is 3.39. The first kappa shape index (κ1) is 23.8. The highest BCUT2D eigenvalue weighted by molar-refractivity contribution is 5.95. The zero-order valence-corrected chi connectivity index (χ0v) is 17.0. The Morgan fingerprint density at radius 3 is 2.45 bits per heavy atom. The molecule has 11 heteroatoms. The number of carbonyl (C=O) groups is 5. The molecule has 1 aliphatic rings. The van der Waals surface area contributed by atoms with Gasteiger partial charge in [0.1, 0.15) is 12.1 Å². The Morgan fingerprint density at radius 2 is 1.84 bits per heavy atom. The first-order chi connectivity index (χ1) is 14.7. The number of aliphatic carboxylic acids is 1. The van der Waals surface area contributed by atoms with Gasteiger partial charge in [0.15, 0.2) is 0 Å². The zero-order chi connectivity index (χ0) is 23.0. The van der Waals surface area contributed by atoms with Crippen LogP contribution < -0.4 is 22.1 Å². The van der Waals surface area contributed by atoms with E-state index in [0.29, 0.717) is 6.42 Å². The molecule has 11 nitrogen and oxygen atoms in total. The summed E-state index contributed by atoms with van der Waals surface area (Å²) < 4.78 is 0. The minimum Gasteiger partial charge on any atom is -0.480 e. The van der Waals surface area contributed by atoms with Crippen molar-refractivity contribution in [1.29, 1.82) is 0 Å². The lowest BCUT2D eigenvalue weighted by Gasteiger charge is -2.26. The van der Waals surface area contributed by atoms with Crippen LogP contribution in [0.5, 0.6) is 0 Å². The summed E-state index contributed by atoms with van der Waals surface area (Å²) in [5, 5.41) is 14.0. The van der Waals surface area contributed by atoms with Crippen LogP contribution >= 0.6 is 0 Å². The highest BCUT2D eigenvalue weighted by atomic mass is 16.4. The Balaban J connectivity index is 1.91. The van der Waals surface area contributed by atoms with Crippen LogP contribution in [0.3, 0.4) is 0 Å². The van der Waals surface area contributed by atoms with Crippen molar-refractivity contribution in [2.75, 3.05) is 13.1 Å². The molecule has 4 amide bonds. The molecule has 1 heterocycles. The lowest BCUT2D eigenvalue weighted by Crippen LogP contribution is -2.54. The van der Waals surface area contributed by atoms with Gasteiger partial charge in [-0.25, -0.2) is 4.79 Å². The van der Waals surface area contributed by atoms with Gasteiger partial charge in [-0.2, -0.15) is 0 Å². The molecule has 0 aliphatic carbocycles. The highest BCUT2D eigenvalue weighted by Gasteiger charge is 2.38. The number of amides is 4. The maximum atomic E-state index is 12.7. The normalized spacial score (nSPS) is 17.5. The predicted octanol–water partition coefficient (Wildman–Crippen LogP) is -1.89. The topological polar surface area (TPSA) is 185 Å². The van der Waals surface area contributed by atoms with Gasteiger partial charge in [0, 0.05) is 6.54 Å². The van der Waals surface area contributed by atoms with Crippen LogP contribution in [0.1, 0.15) is 24.8 Å². The number of rotatable bonds is 10. The molecule has 3 unspecified atom stereocenters. The van der Waals surface area contributed by atoms with Gasteiger partial charge >= 0.3 is 5.97 Å². The van der Waals surface area contributed by atoms with Crippen molar-refractivity contribution in [3.05, 3.63) is 35.9 Å². The Labute approximate surface area is 179 Å². The molecule has 1 aromatic rings. The van der Waals surface area contributed by atoms with Gasteiger partial charge in [0.05, 0.1) is 19.0 Å². The summed E-state index contributed by atoms with van der Waals surface area (Å²) in [6, 6.07) is 5.90. The fourth-order valence-electron chi connectivity index (χ4n) is 3.39. The fraction of sp³-hybridized carbons (Fsp3) is 0.450. The summed E-state index contributed by atoms with van der Waals surface area (Å²) in [7, 11) is 0. The third-order valence-corrected chi connectivity index (χ3v) is 4.92. The minimum absolute atomic E-state index is 0.200. The summed E-state index contributed by atoms with van der Waals surface area (Å²) in [5.74, 6) is -3.98. The molecule has 1 saturated heterocycles. The van der Waals surface area contributed by atoms with Gasteiger partial charge < -0.3 is 32.1 Å². The minimum atomic E-state index is -1.32. The van der Waals surface area contributed by atoms with E-state index < -0.39 is 60.7 Å². The number of primary amides is 1. The molecule has 168 valence electrons. The van der Waals surface area contributed by atoms with E-state index in [9.17, 15) is 29.1 Å². The van der Waals surface area contributed by atoms with E-state index in [0.717, 1.165) is 10.5 Å². The monoisotopic (exact) mass is 433 g/mol. The van der Waals surface area contributed by atoms with Gasteiger partial charge in [-0.05, 0) is 24.8 Å². The number of nitrogens with zero attached hydrogens (tertiary/aromatic N) is 1. The zero-order valence-electron chi connectivity index (χ0n) is 17.0. The second kappa shape index (κ2) is 11.1. The van der Waals surface area contributed by atoms with Crippen molar-refractivity contribution >= 4 is 29.6 Å². The number of carboxylic acid groups (broad SMARTS) is 1. The maximum Gasteiger partial charge on any atom is 0.326 e. The second-order valence-electron chi connectivity index (χ2n) is 7.33. The van der Waals surface area contributed by atoms with Crippen molar-refractivity contribution in [1.82, 2.24) is 15.5 Å². The van der Waals surface area contributed by atoms with E-state index >= 15 is 0 Å². The molecule has 2 rings (SSSR count). The van der Waals surface area contributed by atoms with Crippen molar-refractivity contribution in [3.8, 4) is 0 Å². The van der Waals surface area contributed by atoms with Gasteiger partial charge in [-0.1, -0.05) is 30.3 Å². The van der Waals surface area contributed by atoms with E-state index in [1.807, 2.05) is 30.3 Å². The molecule has 1 aliphatic heterocycles. The molecule has 1 fully saturated rings. The standard InChI is InChI=1S/C20H27N5O6/c21-13(9-12-5-2-1-3-6-12)18(28)23-11-17(27)24-14(10-16(22)26)19(29)25-8-4-7-15(25)20(30)31/h1-3,5-6,13-15H,4,7-11,21H2,(H2,22,26)(H,23,28)(H,24,27)(H,30,31). The molecular formula is C20H27N5O6. The Morgan fingerprint density at radius 1 is 1.16 bits per heavy atom. The largest absolute Gasteiger partial charge is 0.480 e. The van der Waals surface area contributed by atoms with Crippen molar-refractivity contribution in [3.63, 3.8) is 0 Å². The number of hydrogen-bond acceptors (Lipinski definition) is 6.